The number of aromatic nitrogens is 1. The maximum absolute atomic E-state index is 13.4. The van der Waals surface area contributed by atoms with Crippen molar-refractivity contribution in [1.82, 2.24) is 4.57 Å². The Bertz CT molecular complexity index is 1130. The van der Waals surface area contributed by atoms with E-state index in [-0.39, 0.29) is 17.2 Å². The highest BCUT2D eigenvalue weighted by Gasteiger charge is 2.51. The van der Waals surface area contributed by atoms with E-state index in [1.165, 1.54) is 18.2 Å². The number of nitrogens with zero attached hydrogens (tertiary/aromatic N) is 1. The monoisotopic (exact) mass is 421 g/mol. The first-order chi connectivity index (χ1) is 14.0. The van der Waals surface area contributed by atoms with E-state index in [2.05, 4.69) is 0 Å². The normalized spacial score (nSPS) is 14.4. The summed E-state index contributed by atoms with van der Waals surface area (Å²) >= 11 is 0. The van der Waals surface area contributed by atoms with Crippen molar-refractivity contribution < 1.29 is 23.0 Å². The number of pyridine rings is 1. The fourth-order valence-corrected chi connectivity index (χ4v) is 3.52. The number of hydrogen-bond acceptors (Lipinski definition) is 3. The van der Waals surface area contributed by atoms with Gasteiger partial charge in [-0.15, -0.1) is 0 Å². The van der Waals surface area contributed by atoms with Crippen LogP contribution in [0.5, 0.6) is 5.75 Å². The van der Waals surface area contributed by atoms with Gasteiger partial charge in [0.1, 0.15) is 5.75 Å². The van der Waals surface area contributed by atoms with E-state index >= 15 is 0 Å². The quantitative estimate of drug-likeness (QED) is 0.534. The molecule has 0 bridgehead atoms. The number of unbranched alkanes of at least 4 members (excludes halogenated alkanes) is 1. The summed E-state index contributed by atoms with van der Waals surface area (Å²) in [4.78, 5) is 13.1. The lowest BCUT2D eigenvalue weighted by Crippen LogP contribution is -2.39. The van der Waals surface area contributed by atoms with Gasteiger partial charge < -0.3 is 14.4 Å². The van der Waals surface area contributed by atoms with Crippen LogP contribution in [0.1, 0.15) is 46.1 Å². The zero-order chi connectivity index (χ0) is 22.3. The van der Waals surface area contributed by atoms with Gasteiger partial charge in [0.15, 0.2) is 5.60 Å². The zero-order valence-corrected chi connectivity index (χ0v) is 17.5. The molecule has 30 heavy (non-hydrogen) atoms. The van der Waals surface area contributed by atoms with Gasteiger partial charge in [0.25, 0.3) is 5.56 Å². The molecule has 4 nitrogen and oxygen atoms in total. The Kier molecular flexibility index (Phi) is 5.87. The fraction of sp³-hybridized carbons (Fsp3) is 0.435. The first kappa shape index (κ1) is 22.2. The molecule has 0 aliphatic heterocycles. The van der Waals surface area contributed by atoms with Crippen molar-refractivity contribution in [1.29, 1.82) is 0 Å². The molecule has 0 saturated heterocycles. The van der Waals surface area contributed by atoms with Gasteiger partial charge in [0.2, 0.25) is 0 Å². The van der Waals surface area contributed by atoms with Gasteiger partial charge in [-0.2, -0.15) is 13.2 Å². The maximum Gasteiger partial charge on any atom is 0.421 e. The maximum atomic E-state index is 13.4. The molecule has 7 heteroatoms. The molecule has 0 radical (unpaired) electrons. The van der Waals surface area contributed by atoms with Crippen molar-refractivity contribution >= 4 is 21.7 Å². The molecule has 1 aromatic heterocycles. The summed E-state index contributed by atoms with van der Waals surface area (Å²) in [5.74, 6) is 0.525. The van der Waals surface area contributed by atoms with Crippen molar-refractivity contribution in [3.8, 4) is 5.75 Å². The topological polar surface area (TPSA) is 51.5 Å². The largest absolute Gasteiger partial charge is 0.491 e. The first-order valence-electron chi connectivity index (χ1n) is 10.0. The smallest absolute Gasteiger partial charge is 0.421 e. The van der Waals surface area contributed by atoms with Crippen LogP contribution >= 0.6 is 0 Å². The minimum atomic E-state index is -4.83. The summed E-state index contributed by atoms with van der Waals surface area (Å²) < 4.78 is 47.6. The Balaban J connectivity index is 2.38. The number of ether oxygens (including phenoxy) is 1. The van der Waals surface area contributed by atoms with Crippen LogP contribution in [-0.4, -0.2) is 22.0 Å². The van der Waals surface area contributed by atoms with Gasteiger partial charge >= 0.3 is 6.18 Å². The lowest BCUT2D eigenvalue weighted by molar-refractivity contribution is -0.258. The van der Waals surface area contributed by atoms with E-state index in [9.17, 15) is 23.1 Å². The number of aliphatic hydroxyl groups is 1. The van der Waals surface area contributed by atoms with E-state index in [1.807, 2.05) is 20.8 Å². The second-order valence-electron chi connectivity index (χ2n) is 7.99. The van der Waals surface area contributed by atoms with Gasteiger partial charge in [-0.3, -0.25) is 4.79 Å². The van der Waals surface area contributed by atoms with Crippen LogP contribution in [0.2, 0.25) is 0 Å². The predicted molar refractivity (Wildman–Crippen MR) is 112 cm³/mol. The molecule has 1 N–H and O–H groups in total. The van der Waals surface area contributed by atoms with Gasteiger partial charge in [-0.1, -0.05) is 19.4 Å². The number of halogens is 3. The van der Waals surface area contributed by atoms with Gasteiger partial charge in [-0.05, 0) is 63.1 Å². The lowest BCUT2D eigenvalue weighted by Gasteiger charge is -2.27. The van der Waals surface area contributed by atoms with Crippen LogP contribution < -0.4 is 10.3 Å². The van der Waals surface area contributed by atoms with Crippen LogP contribution in [0.25, 0.3) is 21.7 Å². The van der Waals surface area contributed by atoms with Crippen LogP contribution in [0.3, 0.4) is 0 Å². The molecule has 0 aliphatic rings. The van der Waals surface area contributed by atoms with Gasteiger partial charge in [0.05, 0.1) is 11.6 Å². The number of aryl methyl sites for hydroxylation is 1. The third-order valence-corrected chi connectivity index (χ3v) is 5.27. The molecular formula is C23H26F3NO3. The molecule has 1 atom stereocenters. The van der Waals surface area contributed by atoms with Crippen molar-refractivity contribution in [2.24, 2.45) is 0 Å². The average molecular weight is 421 g/mol. The minimum Gasteiger partial charge on any atom is -0.491 e. The second kappa shape index (κ2) is 7.95. The Morgan fingerprint density at radius 1 is 1.07 bits per heavy atom. The third-order valence-electron chi connectivity index (χ3n) is 5.27. The highest BCUT2D eigenvalue weighted by Crippen LogP contribution is 2.40. The van der Waals surface area contributed by atoms with Crippen LogP contribution in [-0.2, 0) is 12.1 Å². The summed E-state index contributed by atoms with van der Waals surface area (Å²) in [6, 6.07) is 9.05. The highest BCUT2D eigenvalue weighted by atomic mass is 19.4. The highest BCUT2D eigenvalue weighted by molar-refractivity contribution is 6.06. The Hall–Kier alpha value is -2.54. The SMILES string of the molecule is CCCCn1c(=O)c2ccc(OC(C)C)cc2c2cc(C(C)(O)C(F)(F)F)ccc21. The van der Waals surface area contributed by atoms with E-state index < -0.39 is 11.8 Å². The molecule has 0 amide bonds. The van der Waals surface area contributed by atoms with Crippen LogP contribution in [0.15, 0.2) is 41.2 Å². The zero-order valence-electron chi connectivity index (χ0n) is 17.5. The first-order valence-corrected chi connectivity index (χ1v) is 10.0. The summed E-state index contributed by atoms with van der Waals surface area (Å²) in [7, 11) is 0. The molecule has 162 valence electrons. The summed E-state index contributed by atoms with van der Waals surface area (Å²) in [6.07, 6.45) is -3.30. The van der Waals surface area contributed by atoms with Crippen molar-refractivity contribution in [2.45, 2.75) is 65.0 Å². The fourth-order valence-electron chi connectivity index (χ4n) is 3.52. The van der Waals surface area contributed by atoms with E-state index in [0.717, 1.165) is 19.8 Å². The average Bonchev–Trinajstić information content (AvgIpc) is 2.66. The number of hydrogen-bond donors (Lipinski definition) is 1. The van der Waals surface area contributed by atoms with Crippen molar-refractivity contribution in [2.75, 3.05) is 0 Å². The van der Waals surface area contributed by atoms with Crippen LogP contribution in [0.4, 0.5) is 13.2 Å². The number of benzene rings is 2. The number of rotatable bonds is 6. The standard InChI is InChI=1S/C23H26F3NO3/c1-5-6-11-27-20-10-7-15(22(4,29)23(24,25)26)12-19(20)18-13-16(30-14(2)3)8-9-17(18)21(27)28/h7-10,12-14,29H,5-6,11H2,1-4H3. The third kappa shape index (κ3) is 3.90. The molecule has 0 aliphatic carbocycles. The Morgan fingerprint density at radius 3 is 2.37 bits per heavy atom. The summed E-state index contributed by atoms with van der Waals surface area (Å²) in [6.45, 7) is 6.92. The minimum absolute atomic E-state index is 0.0971. The predicted octanol–water partition coefficient (Wildman–Crippen LogP) is 5.51. The molecule has 1 heterocycles. The van der Waals surface area contributed by atoms with E-state index in [1.54, 1.807) is 22.8 Å². The molecule has 2 aromatic carbocycles. The van der Waals surface area contributed by atoms with E-state index in [4.69, 9.17) is 4.74 Å². The summed E-state index contributed by atoms with van der Waals surface area (Å²) in [5.41, 5.74) is -2.95. The molecule has 0 saturated carbocycles. The van der Waals surface area contributed by atoms with Gasteiger partial charge in [0, 0.05) is 22.7 Å². The lowest BCUT2D eigenvalue weighted by atomic mass is 9.92. The Labute approximate surface area is 172 Å². The number of alkyl halides is 3. The molecule has 0 fully saturated rings. The van der Waals surface area contributed by atoms with Crippen molar-refractivity contribution in [3.05, 3.63) is 52.3 Å². The molecular weight excluding hydrogens is 395 g/mol. The van der Waals surface area contributed by atoms with Crippen LogP contribution in [0, 0.1) is 0 Å². The molecule has 1 unspecified atom stereocenters. The van der Waals surface area contributed by atoms with E-state index in [0.29, 0.717) is 34.0 Å². The number of fused-ring (bicyclic) bond motifs is 3. The Morgan fingerprint density at radius 2 is 1.77 bits per heavy atom. The summed E-state index contributed by atoms with van der Waals surface area (Å²) in [5, 5.41) is 11.5. The second-order valence-corrected chi connectivity index (χ2v) is 7.99. The molecule has 3 rings (SSSR count). The van der Waals surface area contributed by atoms with Gasteiger partial charge in [-0.25, -0.2) is 0 Å². The van der Waals surface area contributed by atoms with Crippen molar-refractivity contribution in [3.63, 3.8) is 0 Å². The molecule has 0 spiro atoms. The molecule has 3 aromatic rings.